The molecule has 33 heavy (non-hydrogen) atoms. The summed E-state index contributed by atoms with van der Waals surface area (Å²) < 4.78 is 12.0. The summed E-state index contributed by atoms with van der Waals surface area (Å²) in [5, 5.41) is 33.5. The van der Waals surface area contributed by atoms with E-state index in [0.717, 1.165) is 12.8 Å². The van der Waals surface area contributed by atoms with Crippen LogP contribution < -0.4 is 10.4 Å². The van der Waals surface area contributed by atoms with E-state index < -0.39 is 40.2 Å². The van der Waals surface area contributed by atoms with Crippen LogP contribution in [0.2, 0.25) is 0 Å². The molecule has 0 spiro atoms. The fraction of sp³-hybridized carbons (Fsp3) is 0.615. The molecular formula is C26H33NO6. The van der Waals surface area contributed by atoms with Gasteiger partial charge in [-0.05, 0) is 61.0 Å². The molecule has 2 aromatic rings. The van der Waals surface area contributed by atoms with Crippen LogP contribution in [-0.4, -0.2) is 38.6 Å². The summed E-state index contributed by atoms with van der Waals surface area (Å²) in [7, 11) is 0. The molecule has 2 aromatic heterocycles. The SMILES string of the molecule is C[C@H]1CC[C@@]2(C)C(C[C@H](O)[C@@]3(C)Oc4cc(-c5cccnc5)oc(=O)c4[C@H](O)C23)C1(C)CO. The normalized spacial score (nSPS) is 42.0. The van der Waals surface area contributed by atoms with Gasteiger partial charge in [-0.1, -0.05) is 20.8 Å². The summed E-state index contributed by atoms with van der Waals surface area (Å²) in [6.45, 7) is 8.19. The quantitative estimate of drug-likeness (QED) is 0.637. The van der Waals surface area contributed by atoms with E-state index in [9.17, 15) is 20.1 Å². The zero-order chi connectivity index (χ0) is 23.8. The lowest BCUT2D eigenvalue weighted by Gasteiger charge is -2.66. The standard InChI is InChI=1S/C26H33NO6/c1-14-7-8-24(2)18(25(14,3)13-28)11-19(29)26(4)22(24)21(30)20-17(33-26)10-16(32-23(20)31)15-6-5-9-27-12-15/h5-6,9-10,12,14,18-19,21-22,28-30H,7-8,11,13H2,1-4H3/t14-,18?,19-,21-,22?,24-,25?,26+/m0/s1. The van der Waals surface area contributed by atoms with Crippen LogP contribution in [-0.2, 0) is 0 Å². The fourth-order valence-electron chi connectivity index (χ4n) is 7.32. The van der Waals surface area contributed by atoms with Gasteiger partial charge >= 0.3 is 5.63 Å². The predicted molar refractivity (Wildman–Crippen MR) is 122 cm³/mol. The van der Waals surface area contributed by atoms with Gasteiger partial charge in [0.25, 0.3) is 0 Å². The first-order chi connectivity index (χ1) is 15.6. The number of aliphatic hydroxyl groups is 3. The zero-order valence-electron chi connectivity index (χ0n) is 19.6. The highest BCUT2D eigenvalue weighted by Crippen LogP contribution is 2.67. The number of hydrogen-bond donors (Lipinski definition) is 3. The predicted octanol–water partition coefficient (Wildman–Crippen LogP) is 3.32. The lowest BCUT2D eigenvalue weighted by molar-refractivity contribution is -0.256. The summed E-state index contributed by atoms with van der Waals surface area (Å²) in [4.78, 5) is 17.2. The second-order valence-corrected chi connectivity index (χ2v) is 11.0. The molecule has 3 N–H and O–H groups in total. The maximum atomic E-state index is 13.1. The van der Waals surface area contributed by atoms with Crippen LogP contribution in [0.25, 0.3) is 11.3 Å². The Labute approximate surface area is 193 Å². The molecule has 3 heterocycles. The molecular weight excluding hydrogens is 422 g/mol. The van der Waals surface area contributed by atoms with Gasteiger partial charge in [-0.2, -0.15) is 0 Å². The number of pyridine rings is 1. The lowest BCUT2D eigenvalue weighted by atomic mass is 9.41. The smallest absolute Gasteiger partial charge is 0.345 e. The van der Waals surface area contributed by atoms with Crippen molar-refractivity contribution in [1.29, 1.82) is 0 Å². The third-order valence-electron chi connectivity index (χ3n) is 9.46. The third-order valence-corrected chi connectivity index (χ3v) is 9.46. The van der Waals surface area contributed by atoms with Gasteiger partial charge in [0, 0.05) is 36.5 Å². The van der Waals surface area contributed by atoms with Crippen LogP contribution in [0.1, 0.15) is 58.6 Å². The van der Waals surface area contributed by atoms with E-state index in [0.29, 0.717) is 17.7 Å². The van der Waals surface area contributed by atoms with E-state index in [1.54, 1.807) is 30.6 Å². The zero-order valence-corrected chi connectivity index (χ0v) is 19.6. The molecule has 0 bridgehead atoms. The van der Waals surface area contributed by atoms with Gasteiger partial charge in [0.1, 0.15) is 22.7 Å². The van der Waals surface area contributed by atoms with Crippen molar-refractivity contribution in [3.63, 3.8) is 0 Å². The number of aliphatic hydroxyl groups excluding tert-OH is 3. The molecule has 2 saturated carbocycles. The summed E-state index contributed by atoms with van der Waals surface area (Å²) in [6.07, 6.45) is 3.37. The molecule has 0 aromatic carbocycles. The topological polar surface area (TPSA) is 113 Å². The van der Waals surface area contributed by atoms with Gasteiger partial charge < -0.3 is 24.5 Å². The highest BCUT2D eigenvalue weighted by Gasteiger charge is 2.68. The number of aromatic nitrogens is 1. The average Bonchev–Trinajstić information content (AvgIpc) is 2.78. The van der Waals surface area contributed by atoms with Gasteiger partial charge in [-0.3, -0.25) is 4.98 Å². The summed E-state index contributed by atoms with van der Waals surface area (Å²) in [5.74, 6) is 0.254. The molecule has 2 aliphatic carbocycles. The molecule has 0 amide bonds. The Morgan fingerprint density at radius 1 is 1.24 bits per heavy atom. The van der Waals surface area contributed by atoms with E-state index in [-0.39, 0.29) is 29.8 Å². The molecule has 2 fully saturated rings. The van der Waals surface area contributed by atoms with Crippen molar-refractivity contribution in [2.45, 2.75) is 64.8 Å². The molecule has 7 nitrogen and oxygen atoms in total. The van der Waals surface area contributed by atoms with Gasteiger partial charge in [-0.25, -0.2) is 4.79 Å². The molecule has 0 radical (unpaired) electrons. The second-order valence-electron chi connectivity index (χ2n) is 11.0. The Morgan fingerprint density at radius 2 is 2.00 bits per heavy atom. The van der Waals surface area contributed by atoms with E-state index >= 15 is 0 Å². The Kier molecular flexibility index (Phi) is 5.05. The van der Waals surface area contributed by atoms with Crippen molar-refractivity contribution in [3.05, 3.63) is 46.6 Å². The van der Waals surface area contributed by atoms with Crippen molar-refractivity contribution in [3.8, 4) is 17.1 Å². The minimum absolute atomic E-state index is 0.00866. The van der Waals surface area contributed by atoms with Crippen molar-refractivity contribution in [2.75, 3.05) is 6.61 Å². The third kappa shape index (κ3) is 2.98. The minimum atomic E-state index is -1.16. The monoisotopic (exact) mass is 455 g/mol. The van der Waals surface area contributed by atoms with Crippen molar-refractivity contribution < 1.29 is 24.5 Å². The van der Waals surface area contributed by atoms with Gasteiger partial charge in [-0.15, -0.1) is 0 Å². The Bertz CT molecular complexity index is 1120. The van der Waals surface area contributed by atoms with Gasteiger partial charge in [0.15, 0.2) is 0 Å². The van der Waals surface area contributed by atoms with Gasteiger partial charge in [0.05, 0.1) is 12.2 Å². The first kappa shape index (κ1) is 22.6. The van der Waals surface area contributed by atoms with Crippen LogP contribution >= 0.6 is 0 Å². The minimum Gasteiger partial charge on any atom is -0.484 e. The Balaban J connectivity index is 1.65. The highest BCUT2D eigenvalue weighted by atomic mass is 16.5. The van der Waals surface area contributed by atoms with Crippen LogP contribution in [0.3, 0.4) is 0 Å². The fourth-order valence-corrected chi connectivity index (χ4v) is 7.32. The number of ether oxygens (including phenoxy) is 1. The molecule has 1 aliphatic heterocycles. The van der Waals surface area contributed by atoms with E-state index in [4.69, 9.17) is 9.15 Å². The maximum absolute atomic E-state index is 13.1. The van der Waals surface area contributed by atoms with Crippen molar-refractivity contribution in [1.82, 2.24) is 4.98 Å². The largest absolute Gasteiger partial charge is 0.484 e. The van der Waals surface area contributed by atoms with Crippen molar-refractivity contribution >= 4 is 0 Å². The van der Waals surface area contributed by atoms with Crippen LogP contribution in [0.5, 0.6) is 5.75 Å². The molecule has 0 saturated heterocycles. The number of rotatable bonds is 2. The Hall–Kier alpha value is -2.22. The van der Waals surface area contributed by atoms with Gasteiger partial charge in [0.2, 0.25) is 0 Å². The summed E-state index contributed by atoms with van der Waals surface area (Å²) in [5.41, 5.74) is -1.85. The molecule has 8 atom stereocenters. The Morgan fingerprint density at radius 3 is 2.67 bits per heavy atom. The van der Waals surface area contributed by atoms with Crippen LogP contribution in [0.15, 0.2) is 39.8 Å². The first-order valence-corrected chi connectivity index (χ1v) is 11.8. The molecule has 3 aliphatic rings. The summed E-state index contributed by atoms with van der Waals surface area (Å²) in [6, 6.07) is 5.14. The number of hydrogen-bond acceptors (Lipinski definition) is 7. The second kappa shape index (κ2) is 7.39. The first-order valence-electron chi connectivity index (χ1n) is 11.8. The van der Waals surface area contributed by atoms with E-state index in [2.05, 4.69) is 25.8 Å². The lowest BCUT2D eigenvalue weighted by Crippen LogP contribution is -2.69. The summed E-state index contributed by atoms with van der Waals surface area (Å²) >= 11 is 0. The van der Waals surface area contributed by atoms with Crippen LogP contribution in [0.4, 0.5) is 0 Å². The van der Waals surface area contributed by atoms with Crippen molar-refractivity contribution in [2.24, 2.45) is 28.6 Å². The maximum Gasteiger partial charge on any atom is 0.345 e. The molecule has 178 valence electrons. The molecule has 3 unspecified atom stereocenters. The molecule has 7 heteroatoms. The van der Waals surface area contributed by atoms with E-state index in [1.807, 2.05) is 6.92 Å². The number of fused-ring (bicyclic) bond motifs is 4. The highest BCUT2D eigenvalue weighted by molar-refractivity contribution is 5.59. The molecule has 5 rings (SSSR count). The van der Waals surface area contributed by atoms with Crippen LogP contribution in [0, 0.1) is 28.6 Å². The average molecular weight is 456 g/mol. The van der Waals surface area contributed by atoms with E-state index in [1.165, 1.54) is 0 Å². The number of nitrogens with zero attached hydrogens (tertiary/aromatic N) is 1.